The van der Waals surface area contributed by atoms with Crippen LogP contribution in [0, 0.1) is 5.92 Å². The van der Waals surface area contributed by atoms with Crippen LogP contribution in [0.3, 0.4) is 0 Å². The van der Waals surface area contributed by atoms with Crippen molar-refractivity contribution >= 4 is 11.9 Å². The minimum Gasteiger partial charge on any atom is -0.477 e. The van der Waals surface area contributed by atoms with Gasteiger partial charge in [-0.2, -0.15) is 0 Å². The van der Waals surface area contributed by atoms with E-state index in [-0.39, 0.29) is 23.3 Å². The van der Waals surface area contributed by atoms with Gasteiger partial charge in [-0.15, -0.1) is 0 Å². The van der Waals surface area contributed by atoms with Gasteiger partial charge in [0.2, 0.25) is 0 Å². The number of aromatic nitrogens is 1. The van der Waals surface area contributed by atoms with Crippen molar-refractivity contribution in [3.05, 3.63) is 29.6 Å². The Morgan fingerprint density at radius 1 is 1.32 bits per heavy atom. The Morgan fingerprint density at radius 3 is 2.53 bits per heavy atom. The molecule has 1 rings (SSSR count). The van der Waals surface area contributed by atoms with Crippen LogP contribution >= 0.6 is 0 Å². The third-order valence-corrected chi connectivity index (χ3v) is 3.03. The number of carbonyl (C=O) groups excluding carboxylic acids is 1. The summed E-state index contributed by atoms with van der Waals surface area (Å²) >= 11 is 0. The Kier molecular flexibility index (Phi) is 5.48. The Hall–Kier alpha value is -1.91. The molecular weight excluding hydrogens is 244 g/mol. The lowest BCUT2D eigenvalue weighted by atomic mass is 10.0. The van der Waals surface area contributed by atoms with Crippen molar-refractivity contribution < 1.29 is 14.7 Å². The molecule has 0 spiro atoms. The molecule has 5 heteroatoms. The fourth-order valence-electron chi connectivity index (χ4n) is 1.81. The van der Waals surface area contributed by atoms with Gasteiger partial charge in [0.05, 0.1) is 0 Å². The molecule has 1 heterocycles. The van der Waals surface area contributed by atoms with Crippen molar-refractivity contribution in [1.29, 1.82) is 0 Å². The molecule has 0 radical (unpaired) electrons. The summed E-state index contributed by atoms with van der Waals surface area (Å²) in [6, 6.07) is 4.43. The Morgan fingerprint density at radius 2 is 1.95 bits per heavy atom. The highest BCUT2D eigenvalue weighted by Crippen LogP contribution is 2.10. The molecule has 0 aliphatic carbocycles. The van der Waals surface area contributed by atoms with Gasteiger partial charge in [-0.1, -0.05) is 26.3 Å². The molecule has 0 bridgehead atoms. The third kappa shape index (κ3) is 4.69. The van der Waals surface area contributed by atoms with E-state index in [0.29, 0.717) is 5.92 Å². The lowest BCUT2D eigenvalue weighted by molar-refractivity contribution is 0.0690. The van der Waals surface area contributed by atoms with E-state index in [0.717, 1.165) is 12.8 Å². The number of pyridine rings is 1. The number of nitrogens with one attached hydrogen (secondary N) is 1. The highest BCUT2D eigenvalue weighted by Gasteiger charge is 2.14. The number of carboxylic acids is 1. The topological polar surface area (TPSA) is 79.3 Å². The van der Waals surface area contributed by atoms with Crippen molar-refractivity contribution in [3.8, 4) is 0 Å². The molecule has 0 aliphatic heterocycles. The number of hydrogen-bond acceptors (Lipinski definition) is 3. The number of amides is 1. The van der Waals surface area contributed by atoms with Crippen molar-refractivity contribution in [2.45, 2.75) is 39.7 Å². The second-order valence-corrected chi connectivity index (χ2v) is 4.84. The van der Waals surface area contributed by atoms with Crippen LogP contribution in [0.15, 0.2) is 18.2 Å². The van der Waals surface area contributed by atoms with Crippen molar-refractivity contribution in [2.24, 2.45) is 5.92 Å². The molecular formula is C14H20N2O3. The minimum atomic E-state index is -1.14. The summed E-state index contributed by atoms with van der Waals surface area (Å²) < 4.78 is 0. The largest absolute Gasteiger partial charge is 0.477 e. The molecule has 2 atom stereocenters. The Labute approximate surface area is 113 Å². The molecule has 5 nitrogen and oxygen atoms in total. The van der Waals surface area contributed by atoms with Crippen LogP contribution in [-0.2, 0) is 0 Å². The van der Waals surface area contributed by atoms with Crippen LogP contribution in [0.2, 0.25) is 0 Å². The average Bonchev–Trinajstić information content (AvgIpc) is 2.38. The summed E-state index contributed by atoms with van der Waals surface area (Å²) in [5.74, 6) is -0.935. The van der Waals surface area contributed by atoms with Crippen molar-refractivity contribution in [1.82, 2.24) is 10.3 Å². The summed E-state index contributed by atoms with van der Waals surface area (Å²) in [6.45, 7) is 6.17. The standard InChI is InChI=1S/C14H20N2O3/c1-4-9(2)8-10(3)15-13(17)11-6-5-7-12(16-11)14(18)19/h5-7,9-10H,4,8H2,1-3H3,(H,15,17)(H,18,19). The minimum absolute atomic E-state index is 0.0396. The summed E-state index contributed by atoms with van der Waals surface area (Å²) in [7, 11) is 0. The molecule has 1 aromatic rings. The van der Waals surface area contributed by atoms with Crippen LogP contribution in [0.25, 0.3) is 0 Å². The molecule has 19 heavy (non-hydrogen) atoms. The first kappa shape index (κ1) is 15.1. The van der Waals surface area contributed by atoms with Gasteiger partial charge >= 0.3 is 5.97 Å². The molecule has 0 aromatic carbocycles. The highest BCUT2D eigenvalue weighted by atomic mass is 16.4. The molecule has 1 aromatic heterocycles. The maximum Gasteiger partial charge on any atom is 0.354 e. The molecule has 0 saturated heterocycles. The molecule has 0 fully saturated rings. The predicted octanol–water partition coefficient (Wildman–Crippen LogP) is 2.33. The first-order valence-corrected chi connectivity index (χ1v) is 6.45. The zero-order chi connectivity index (χ0) is 14.4. The SMILES string of the molecule is CCC(C)CC(C)NC(=O)c1cccc(C(=O)O)n1. The van der Waals surface area contributed by atoms with Gasteiger partial charge in [0, 0.05) is 6.04 Å². The van der Waals surface area contributed by atoms with Crippen LogP contribution < -0.4 is 5.32 Å². The predicted molar refractivity (Wildman–Crippen MR) is 72.2 cm³/mol. The molecule has 1 amide bonds. The van der Waals surface area contributed by atoms with Gasteiger partial charge < -0.3 is 10.4 Å². The Balaban J connectivity index is 2.67. The first-order chi connectivity index (χ1) is 8.93. The maximum absolute atomic E-state index is 11.9. The summed E-state index contributed by atoms with van der Waals surface area (Å²) in [5.41, 5.74) is 0.0122. The molecule has 104 valence electrons. The maximum atomic E-state index is 11.9. The van der Waals surface area contributed by atoms with Gasteiger partial charge in [-0.3, -0.25) is 4.79 Å². The van der Waals surface area contributed by atoms with E-state index in [2.05, 4.69) is 24.1 Å². The first-order valence-electron chi connectivity index (χ1n) is 6.45. The van der Waals surface area contributed by atoms with E-state index in [1.54, 1.807) is 0 Å². The number of hydrogen-bond donors (Lipinski definition) is 2. The van der Waals surface area contributed by atoms with E-state index >= 15 is 0 Å². The highest BCUT2D eigenvalue weighted by molar-refractivity contribution is 5.94. The van der Waals surface area contributed by atoms with Gasteiger partial charge in [0.25, 0.3) is 5.91 Å². The Bertz CT molecular complexity index is 460. The van der Waals surface area contributed by atoms with Gasteiger partial charge in [0.1, 0.15) is 11.4 Å². The average molecular weight is 264 g/mol. The lowest BCUT2D eigenvalue weighted by Crippen LogP contribution is -2.34. The van der Waals surface area contributed by atoms with Crippen molar-refractivity contribution in [3.63, 3.8) is 0 Å². The second kappa shape index (κ2) is 6.87. The number of nitrogens with zero attached hydrogens (tertiary/aromatic N) is 1. The number of rotatable bonds is 6. The van der Waals surface area contributed by atoms with Crippen LogP contribution in [-0.4, -0.2) is 28.0 Å². The van der Waals surface area contributed by atoms with E-state index in [1.807, 2.05) is 6.92 Å². The normalized spacial score (nSPS) is 13.6. The van der Waals surface area contributed by atoms with E-state index in [1.165, 1.54) is 18.2 Å². The molecule has 2 N–H and O–H groups in total. The number of carbonyl (C=O) groups is 2. The molecule has 0 saturated carbocycles. The molecule has 0 aliphatic rings. The zero-order valence-electron chi connectivity index (χ0n) is 11.5. The van der Waals surface area contributed by atoms with Crippen LogP contribution in [0.5, 0.6) is 0 Å². The van der Waals surface area contributed by atoms with Crippen molar-refractivity contribution in [2.75, 3.05) is 0 Å². The summed E-state index contributed by atoms with van der Waals surface area (Å²) in [5, 5.41) is 11.7. The molecule has 2 unspecified atom stereocenters. The number of carboxylic acid groups (broad SMARTS) is 1. The van der Waals surface area contributed by atoms with E-state index in [4.69, 9.17) is 5.11 Å². The van der Waals surface area contributed by atoms with Gasteiger partial charge in [-0.05, 0) is 31.4 Å². The van der Waals surface area contributed by atoms with Crippen LogP contribution in [0.1, 0.15) is 54.6 Å². The van der Waals surface area contributed by atoms with E-state index < -0.39 is 5.97 Å². The van der Waals surface area contributed by atoms with Gasteiger partial charge in [0.15, 0.2) is 0 Å². The zero-order valence-corrected chi connectivity index (χ0v) is 11.5. The fraction of sp³-hybridized carbons (Fsp3) is 0.500. The fourth-order valence-corrected chi connectivity index (χ4v) is 1.81. The number of aromatic carboxylic acids is 1. The smallest absolute Gasteiger partial charge is 0.354 e. The lowest BCUT2D eigenvalue weighted by Gasteiger charge is -2.17. The summed E-state index contributed by atoms with van der Waals surface area (Å²) in [6.07, 6.45) is 1.95. The quantitative estimate of drug-likeness (QED) is 0.826. The monoisotopic (exact) mass is 264 g/mol. The third-order valence-electron chi connectivity index (χ3n) is 3.03. The van der Waals surface area contributed by atoms with E-state index in [9.17, 15) is 9.59 Å². The summed E-state index contributed by atoms with van der Waals surface area (Å²) in [4.78, 5) is 26.5. The second-order valence-electron chi connectivity index (χ2n) is 4.84. The van der Waals surface area contributed by atoms with Crippen LogP contribution in [0.4, 0.5) is 0 Å². The van der Waals surface area contributed by atoms with Gasteiger partial charge in [-0.25, -0.2) is 9.78 Å².